The topological polar surface area (TPSA) is 72.9 Å². The zero-order valence-electron chi connectivity index (χ0n) is 12.7. The standard InChI is InChI=1S/C15H21NO5/c1-5-9-16(10-6-2)13(17)11-12(14(18)20-7-3)15(19)21-8-4/h1,11H,6-10H2,2-4H3. The Morgan fingerprint density at radius 2 is 1.62 bits per heavy atom. The average molecular weight is 295 g/mol. The van der Waals surface area contributed by atoms with Gasteiger partial charge in [-0.15, -0.1) is 6.42 Å². The molecule has 0 atom stereocenters. The first-order chi connectivity index (χ1) is 10.0. The first-order valence-electron chi connectivity index (χ1n) is 6.79. The summed E-state index contributed by atoms with van der Waals surface area (Å²) in [4.78, 5) is 36.9. The Hall–Kier alpha value is -2.29. The van der Waals surface area contributed by atoms with E-state index in [0.29, 0.717) is 13.0 Å². The minimum atomic E-state index is -0.888. The number of terminal acetylenes is 1. The van der Waals surface area contributed by atoms with E-state index in [-0.39, 0.29) is 19.8 Å². The van der Waals surface area contributed by atoms with Crippen molar-refractivity contribution >= 4 is 17.8 Å². The van der Waals surface area contributed by atoms with Crippen LogP contribution in [0.3, 0.4) is 0 Å². The SMILES string of the molecule is C#CCN(CCC)C(=O)C=C(C(=O)OCC)C(=O)OCC. The van der Waals surface area contributed by atoms with Gasteiger partial charge in [0.25, 0.3) is 0 Å². The fourth-order valence-corrected chi connectivity index (χ4v) is 1.48. The van der Waals surface area contributed by atoms with Crippen LogP contribution in [0.5, 0.6) is 0 Å². The summed E-state index contributed by atoms with van der Waals surface area (Å²) < 4.78 is 9.51. The molecule has 0 rings (SSSR count). The fourth-order valence-electron chi connectivity index (χ4n) is 1.48. The van der Waals surface area contributed by atoms with Crippen molar-refractivity contribution < 1.29 is 23.9 Å². The van der Waals surface area contributed by atoms with Crippen LogP contribution in [0.2, 0.25) is 0 Å². The maximum Gasteiger partial charge on any atom is 0.345 e. The smallest absolute Gasteiger partial charge is 0.345 e. The van der Waals surface area contributed by atoms with E-state index in [0.717, 1.165) is 6.08 Å². The second-order valence-corrected chi connectivity index (χ2v) is 3.96. The highest BCUT2D eigenvalue weighted by atomic mass is 16.6. The Labute approximate surface area is 125 Å². The molecule has 0 bridgehead atoms. The van der Waals surface area contributed by atoms with Gasteiger partial charge in [-0.3, -0.25) is 4.79 Å². The normalized spacial score (nSPS) is 9.24. The Bertz CT molecular complexity index is 427. The van der Waals surface area contributed by atoms with Crippen molar-refractivity contribution in [1.29, 1.82) is 0 Å². The minimum absolute atomic E-state index is 0.0901. The van der Waals surface area contributed by atoms with Gasteiger partial charge in [0.2, 0.25) is 5.91 Å². The quantitative estimate of drug-likeness (QED) is 0.219. The molecule has 0 spiro atoms. The van der Waals surface area contributed by atoms with Gasteiger partial charge in [0.05, 0.1) is 19.8 Å². The monoisotopic (exact) mass is 295 g/mol. The van der Waals surface area contributed by atoms with Gasteiger partial charge in [-0.2, -0.15) is 0 Å². The summed E-state index contributed by atoms with van der Waals surface area (Å²) in [6, 6.07) is 0. The van der Waals surface area contributed by atoms with Crippen LogP contribution in [0.15, 0.2) is 11.6 Å². The number of hydrogen-bond donors (Lipinski definition) is 0. The maximum absolute atomic E-state index is 12.1. The molecule has 21 heavy (non-hydrogen) atoms. The average Bonchev–Trinajstić information content (AvgIpc) is 2.44. The van der Waals surface area contributed by atoms with Gasteiger partial charge in [-0.25, -0.2) is 9.59 Å². The van der Waals surface area contributed by atoms with E-state index in [2.05, 4.69) is 5.92 Å². The predicted molar refractivity (Wildman–Crippen MR) is 77.1 cm³/mol. The number of amides is 1. The molecule has 0 aliphatic carbocycles. The molecule has 0 aromatic rings. The number of carbonyl (C=O) groups excluding carboxylic acids is 3. The molecule has 1 amide bonds. The summed E-state index contributed by atoms with van der Waals surface area (Å²) in [5.74, 6) is 0.0616. The van der Waals surface area contributed by atoms with Crippen LogP contribution in [0.1, 0.15) is 27.2 Å². The van der Waals surface area contributed by atoms with E-state index < -0.39 is 23.4 Å². The molecule has 0 aromatic carbocycles. The Morgan fingerprint density at radius 3 is 2.00 bits per heavy atom. The van der Waals surface area contributed by atoms with Crippen LogP contribution in [0.25, 0.3) is 0 Å². The van der Waals surface area contributed by atoms with E-state index in [4.69, 9.17) is 15.9 Å². The van der Waals surface area contributed by atoms with Crippen LogP contribution < -0.4 is 0 Å². The second-order valence-electron chi connectivity index (χ2n) is 3.96. The van der Waals surface area contributed by atoms with E-state index in [1.54, 1.807) is 13.8 Å². The molecule has 0 aliphatic heterocycles. The lowest BCUT2D eigenvalue weighted by Crippen LogP contribution is -2.32. The molecule has 0 aromatic heterocycles. The van der Waals surface area contributed by atoms with Gasteiger partial charge < -0.3 is 14.4 Å². The van der Waals surface area contributed by atoms with Crippen molar-refractivity contribution in [2.75, 3.05) is 26.3 Å². The summed E-state index contributed by atoms with van der Waals surface area (Å²) in [6.07, 6.45) is 6.82. The van der Waals surface area contributed by atoms with Gasteiger partial charge in [-0.05, 0) is 20.3 Å². The summed E-state index contributed by atoms with van der Waals surface area (Å²) in [7, 11) is 0. The number of ether oxygens (including phenoxy) is 2. The lowest BCUT2D eigenvalue weighted by atomic mass is 10.2. The van der Waals surface area contributed by atoms with Crippen molar-refractivity contribution in [3.05, 3.63) is 11.6 Å². The maximum atomic E-state index is 12.1. The molecule has 0 aliphatic rings. The highest BCUT2D eigenvalue weighted by molar-refractivity contribution is 6.17. The van der Waals surface area contributed by atoms with Crippen molar-refractivity contribution in [3.8, 4) is 12.3 Å². The summed E-state index contributed by atoms with van der Waals surface area (Å²) in [5, 5.41) is 0. The molecule has 0 heterocycles. The Balaban J connectivity index is 5.28. The van der Waals surface area contributed by atoms with E-state index in [1.807, 2.05) is 6.92 Å². The first-order valence-corrected chi connectivity index (χ1v) is 6.79. The molecular weight excluding hydrogens is 274 g/mol. The van der Waals surface area contributed by atoms with Crippen LogP contribution in [0, 0.1) is 12.3 Å². The molecule has 6 nitrogen and oxygen atoms in total. The molecule has 0 saturated heterocycles. The summed E-state index contributed by atoms with van der Waals surface area (Å²) in [6.45, 7) is 5.80. The molecule has 6 heteroatoms. The van der Waals surface area contributed by atoms with Crippen LogP contribution >= 0.6 is 0 Å². The number of nitrogens with zero attached hydrogens (tertiary/aromatic N) is 1. The Morgan fingerprint density at radius 1 is 1.10 bits per heavy atom. The molecule has 0 N–H and O–H groups in total. The third-order valence-electron chi connectivity index (χ3n) is 2.35. The summed E-state index contributed by atoms with van der Waals surface area (Å²) >= 11 is 0. The molecular formula is C15H21NO5. The number of hydrogen-bond acceptors (Lipinski definition) is 5. The lowest BCUT2D eigenvalue weighted by molar-refractivity contribution is -0.147. The fraction of sp³-hybridized carbons (Fsp3) is 0.533. The zero-order chi connectivity index (χ0) is 16.3. The van der Waals surface area contributed by atoms with E-state index in [9.17, 15) is 14.4 Å². The highest BCUT2D eigenvalue weighted by Crippen LogP contribution is 2.05. The van der Waals surface area contributed by atoms with Crippen LogP contribution in [-0.4, -0.2) is 49.0 Å². The highest BCUT2D eigenvalue weighted by Gasteiger charge is 2.23. The number of rotatable bonds is 8. The molecule has 116 valence electrons. The van der Waals surface area contributed by atoms with Crippen molar-refractivity contribution in [2.24, 2.45) is 0 Å². The first kappa shape index (κ1) is 18.7. The number of carbonyl (C=O) groups is 3. The minimum Gasteiger partial charge on any atom is -0.462 e. The third-order valence-corrected chi connectivity index (χ3v) is 2.35. The van der Waals surface area contributed by atoms with Gasteiger partial charge in [-0.1, -0.05) is 12.8 Å². The zero-order valence-corrected chi connectivity index (χ0v) is 12.7. The third kappa shape index (κ3) is 6.61. The van der Waals surface area contributed by atoms with E-state index in [1.165, 1.54) is 4.90 Å². The molecule has 0 unspecified atom stereocenters. The van der Waals surface area contributed by atoms with Crippen molar-refractivity contribution in [3.63, 3.8) is 0 Å². The Kier molecular flexibility index (Phi) is 9.35. The van der Waals surface area contributed by atoms with Gasteiger partial charge >= 0.3 is 11.9 Å². The molecule has 0 radical (unpaired) electrons. The molecule has 0 saturated carbocycles. The van der Waals surface area contributed by atoms with Crippen LogP contribution in [0.4, 0.5) is 0 Å². The second kappa shape index (κ2) is 10.5. The summed E-state index contributed by atoms with van der Waals surface area (Å²) in [5.41, 5.74) is -0.429. The molecule has 0 fully saturated rings. The number of esters is 2. The van der Waals surface area contributed by atoms with Gasteiger partial charge in [0.15, 0.2) is 0 Å². The van der Waals surface area contributed by atoms with Crippen LogP contribution in [-0.2, 0) is 23.9 Å². The lowest BCUT2D eigenvalue weighted by Gasteiger charge is -2.17. The van der Waals surface area contributed by atoms with Gasteiger partial charge in [0, 0.05) is 12.6 Å². The largest absolute Gasteiger partial charge is 0.462 e. The van der Waals surface area contributed by atoms with Gasteiger partial charge in [0.1, 0.15) is 5.57 Å². The predicted octanol–water partition coefficient (Wildman–Crippen LogP) is 0.911. The van der Waals surface area contributed by atoms with E-state index >= 15 is 0 Å². The van der Waals surface area contributed by atoms with Crippen molar-refractivity contribution in [1.82, 2.24) is 4.90 Å². The van der Waals surface area contributed by atoms with Crippen molar-refractivity contribution in [2.45, 2.75) is 27.2 Å².